The molecule has 0 radical (unpaired) electrons. The Balaban J connectivity index is 1.20. The molecule has 0 saturated carbocycles. The molecule has 0 unspecified atom stereocenters. The van der Waals surface area contributed by atoms with E-state index in [1.54, 1.807) is 0 Å². The number of fused-ring (bicyclic) bond motifs is 12. The molecule has 3 aromatic heterocycles. The lowest BCUT2D eigenvalue weighted by molar-refractivity contribution is 0.332. The average molecular weight is 735 g/mol. The molecular formula is C54H42N2O. The van der Waals surface area contributed by atoms with Crippen LogP contribution in [0.3, 0.4) is 0 Å². The number of hydrogen-bond acceptors (Lipinski definition) is 1. The van der Waals surface area contributed by atoms with Gasteiger partial charge in [0.05, 0.1) is 22.1 Å². The zero-order valence-corrected chi connectivity index (χ0v) is 32.7. The molecule has 57 heavy (non-hydrogen) atoms. The largest absolute Gasteiger partial charge is 0.455 e. The van der Waals surface area contributed by atoms with E-state index in [-0.39, 0.29) is 10.8 Å². The summed E-state index contributed by atoms with van der Waals surface area (Å²) in [5.41, 5.74) is 14.4. The highest BCUT2D eigenvalue weighted by molar-refractivity contribution is 6.25. The first kappa shape index (κ1) is 32.6. The summed E-state index contributed by atoms with van der Waals surface area (Å²) >= 11 is 0. The summed E-state index contributed by atoms with van der Waals surface area (Å²) < 4.78 is 11.5. The van der Waals surface area contributed by atoms with Crippen molar-refractivity contribution in [2.24, 2.45) is 0 Å². The minimum Gasteiger partial charge on any atom is -0.455 e. The van der Waals surface area contributed by atoms with Crippen LogP contribution in [-0.2, 0) is 10.8 Å². The molecule has 3 heterocycles. The second kappa shape index (κ2) is 11.5. The predicted octanol–water partition coefficient (Wildman–Crippen LogP) is 14.9. The summed E-state index contributed by atoms with van der Waals surface area (Å²) in [5.74, 6) is 0. The van der Waals surface area contributed by atoms with E-state index in [0.29, 0.717) is 0 Å². The highest BCUT2D eigenvalue weighted by atomic mass is 16.3. The summed E-state index contributed by atoms with van der Waals surface area (Å²) in [7, 11) is 0. The zero-order valence-electron chi connectivity index (χ0n) is 32.7. The van der Waals surface area contributed by atoms with E-state index in [9.17, 15) is 0 Å². The highest BCUT2D eigenvalue weighted by Gasteiger charge is 2.38. The Morgan fingerprint density at radius 3 is 1.91 bits per heavy atom. The first-order chi connectivity index (χ1) is 27.7. The summed E-state index contributed by atoms with van der Waals surface area (Å²) in [6.45, 7) is 9.73. The predicted molar refractivity (Wildman–Crippen MR) is 241 cm³/mol. The van der Waals surface area contributed by atoms with Crippen molar-refractivity contribution < 1.29 is 4.42 Å². The van der Waals surface area contributed by atoms with Crippen molar-refractivity contribution in [3.05, 3.63) is 169 Å². The van der Waals surface area contributed by atoms with Gasteiger partial charge in [0, 0.05) is 49.3 Å². The van der Waals surface area contributed by atoms with Crippen LogP contribution in [0.25, 0.3) is 98.8 Å². The van der Waals surface area contributed by atoms with Crippen LogP contribution in [0.2, 0.25) is 0 Å². The van der Waals surface area contributed by atoms with Gasteiger partial charge in [0.1, 0.15) is 11.2 Å². The fraction of sp³-hybridized carbons (Fsp3) is 0.148. The summed E-state index contributed by atoms with van der Waals surface area (Å²) in [5, 5.41) is 9.97. The smallest absolute Gasteiger partial charge is 0.143 e. The lowest BCUT2D eigenvalue weighted by atomic mass is 9.63. The Morgan fingerprint density at radius 2 is 1.07 bits per heavy atom. The van der Waals surface area contributed by atoms with E-state index in [0.717, 1.165) is 38.8 Å². The maximum Gasteiger partial charge on any atom is 0.143 e. The molecule has 0 bridgehead atoms. The zero-order chi connectivity index (χ0) is 38.2. The molecular weight excluding hydrogens is 693 g/mol. The van der Waals surface area contributed by atoms with Crippen molar-refractivity contribution in [1.29, 1.82) is 0 Å². The Kier molecular flexibility index (Phi) is 6.58. The molecule has 0 aliphatic heterocycles. The molecule has 1 aliphatic carbocycles. The number of aromatic nitrogens is 2. The lowest BCUT2D eigenvalue weighted by Gasteiger charge is -2.42. The van der Waals surface area contributed by atoms with Gasteiger partial charge in [-0.25, -0.2) is 0 Å². The van der Waals surface area contributed by atoms with Gasteiger partial charge in [-0.3, -0.25) is 0 Å². The minimum atomic E-state index is 0.102. The summed E-state index contributed by atoms with van der Waals surface area (Å²) in [4.78, 5) is 0. The number of hydrogen-bond donors (Lipinski definition) is 0. The number of furan rings is 1. The maximum absolute atomic E-state index is 6.54. The van der Waals surface area contributed by atoms with Gasteiger partial charge in [-0.1, -0.05) is 125 Å². The standard InChI is InChI=1S/C54H42N2O/c1-53(2)26-27-54(3,4)45-31-47-42(30-44(45)53)41-29-43-49(32-48(41)55(47)35-16-6-5-7-17-35)56(46-25-24-33-14-8-9-19-37(33)51(43)46)36-18-12-15-34(28-36)38-21-13-22-40-39-20-10-11-23-50(39)57-52(38)40/h5-25,28-32H,26-27H2,1-4H3. The second-order valence-corrected chi connectivity index (χ2v) is 17.6. The number of benzene rings is 8. The van der Waals surface area contributed by atoms with Crippen LogP contribution in [-0.4, -0.2) is 9.13 Å². The molecule has 0 spiro atoms. The normalized spacial score (nSPS) is 15.2. The molecule has 0 saturated heterocycles. The topological polar surface area (TPSA) is 23.0 Å². The molecule has 11 aromatic rings. The van der Waals surface area contributed by atoms with Crippen molar-refractivity contribution in [1.82, 2.24) is 9.13 Å². The molecule has 274 valence electrons. The van der Waals surface area contributed by atoms with Gasteiger partial charge in [0.25, 0.3) is 0 Å². The minimum absolute atomic E-state index is 0.102. The van der Waals surface area contributed by atoms with Crippen molar-refractivity contribution in [3.63, 3.8) is 0 Å². The molecule has 1 aliphatic rings. The van der Waals surface area contributed by atoms with Crippen LogP contribution in [0, 0.1) is 0 Å². The third-order valence-corrected chi connectivity index (χ3v) is 13.3. The van der Waals surface area contributed by atoms with Crippen molar-refractivity contribution in [3.8, 4) is 22.5 Å². The number of nitrogens with zero attached hydrogens (tertiary/aromatic N) is 2. The van der Waals surface area contributed by atoms with Crippen LogP contribution >= 0.6 is 0 Å². The van der Waals surface area contributed by atoms with E-state index < -0.39 is 0 Å². The molecule has 3 heteroatoms. The van der Waals surface area contributed by atoms with Crippen molar-refractivity contribution >= 4 is 76.3 Å². The SMILES string of the molecule is CC1(C)CCC(C)(C)c2cc3c(cc21)c1cc2c4c5ccccc5ccc4n(-c4cccc(-c5cccc6c5oc5ccccc56)c4)c2cc1n3-c1ccccc1. The molecule has 0 amide bonds. The van der Waals surface area contributed by atoms with E-state index in [2.05, 4.69) is 188 Å². The van der Waals surface area contributed by atoms with Crippen molar-refractivity contribution in [2.75, 3.05) is 0 Å². The average Bonchev–Trinajstić information content (AvgIpc) is 3.89. The third-order valence-electron chi connectivity index (χ3n) is 13.3. The Bertz CT molecular complexity index is 3460. The highest BCUT2D eigenvalue weighted by Crippen LogP contribution is 2.50. The second-order valence-electron chi connectivity index (χ2n) is 17.6. The van der Waals surface area contributed by atoms with Crippen LogP contribution in [0.1, 0.15) is 51.7 Å². The lowest BCUT2D eigenvalue weighted by Crippen LogP contribution is -2.33. The molecule has 3 nitrogen and oxygen atoms in total. The molecule has 0 fully saturated rings. The number of para-hydroxylation sites is 3. The van der Waals surface area contributed by atoms with Gasteiger partial charge >= 0.3 is 0 Å². The Labute approximate surface area is 331 Å². The Hall–Kier alpha value is -6.58. The monoisotopic (exact) mass is 734 g/mol. The van der Waals surface area contributed by atoms with E-state index in [4.69, 9.17) is 4.42 Å². The van der Waals surface area contributed by atoms with Gasteiger partial charge < -0.3 is 13.6 Å². The molecule has 8 aromatic carbocycles. The van der Waals surface area contributed by atoms with Gasteiger partial charge in [0.15, 0.2) is 0 Å². The molecule has 0 N–H and O–H groups in total. The van der Waals surface area contributed by atoms with E-state index >= 15 is 0 Å². The third kappa shape index (κ3) is 4.60. The number of rotatable bonds is 3. The summed E-state index contributed by atoms with van der Waals surface area (Å²) in [6, 6.07) is 58.3. The van der Waals surface area contributed by atoms with Crippen LogP contribution in [0.5, 0.6) is 0 Å². The quantitative estimate of drug-likeness (QED) is 0.177. The van der Waals surface area contributed by atoms with Gasteiger partial charge in [-0.2, -0.15) is 0 Å². The van der Waals surface area contributed by atoms with Gasteiger partial charge in [0.2, 0.25) is 0 Å². The maximum atomic E-state index is 6.54. The fourth-order valence-corrected chi connectivity index (χ4v) is 10.3. The van der Waals surface area contributed by atoms with Crippen molar-refractivity contribution in [2.45, 2.75) is 51.4 Å². The first-order valence-corrected chi connectivity index (χ1v) is 20.3. The van der Waals surface area contributed by atoms with Crippen LogP contribution in [0.4, 0.5) is 0 Å². The van der Waals surface area contributed by atoms with Crippen LogP contribution in [0.15, 0.2) is 162 Å². The van der Waals surface area contributed by atoms with E-state index in [1.165, 1.54) is 84.0 Å². The Morgan fingerprint density at radius 1 is 0.439 bits per heavy atom. The summed E-state index contributed by atoms with van der Waals surface area (Å²) in [6.07, 6.45) is 2.37. The van der Waals surface area contributed by atoms with Gasteiger partial charge in [-0.05, 0) is 112 Å². The van der Waals surface area contributed by atoms with Crippen LogP contribution < -0.4 is 0 Å². The van der Waals surface area contributed by atoms with Gasteiger partial charge in [-0.15, -0.1) is 0 Å². The molecule has 0 atom stereocenters. The van der Waals surface area contributed by atoms with E-state index in [1.807, 2.05) is 6.07 Å². The molecule has 12 rings (SSSR count). The fourth-order valence-electron chi connectivity index (χ4n) is 10.3. The first-order valence-electron chi connectivity index (χ1n) is 20.3.